The Morgan fingerprint density at radius 1 is 1.07 bits per heavy atom. The summed E-state index contributed by atoms with van der Waals surface area (Å²) in [6, 6.07) is 0. The van der Waals surface area contributed by atoms with Crippen molar-refractivity contribution in [1.82, 2.24) is 0 Å². The van der Waals surface area contributed by atoms with Crippen molar-refractivity contribution in [3.8, 4) is 0 Å². The number of hydrogen-bond donors (Lipinski definition) is 0. The van der Waals surface area contributed by atoms with Crippen molar-refractivity contribution in [3.05, 3.63) is 0 Å². The van der Waals surface area contributed by atoms with Crippen molar-refractivity contribution < 1.29 is 4.74 Å². The van der Waals surface area contributed by atoms with Crippen molar-refractivity contribution in [2.24, 2.45) is 16.7 Å². The molecule has 0 bridgehead atoms. The van der Waals surface area contributed by atoms with Crippen LogP contribution in [0.25, 0.3) is 0 Å². The molecule has 0 aromatic heterocycles. The van der Waals surface area contributed by atoms with Crippen LogP contribution in [0.5, 0.6) is 0 Å². The smallest absolute Gasteiger partial charge is 0.0488 e. The summed E-state index contributed by atoms with van der Waals surface area (Å²) < 4.78 is 5.18. The highest BCUT2D eigenvalue weighted by Gasteiger charge is 2.26. The van der Waals surface area contributed by atoms with E-state index in [4.69, 9.17) is 4.74 Å². The Labute approximate surface area is 90.2 Å². The highest BCUT2D eigenvalue weighted by molar-refractivity contribution is 4.77. The second-order valence-corrected chi connectivity index (χ2v) is 6.67. The van der Waals surface area contributed by atoms with Gasteiger partial charge in [-0.3, -0.25) is 0 Å². The first-order valence-electron chi connectivity index (χ1n) is 5.65. The maximum absolute atomic E-state index is 5.18. The molecule has 0 spiro atoms. The molecular weight excluding hydrogens is 172 g/mol. The molecule has 1 nitrogen and oxygen atoms in total. The third-order valence-corrected chi connectivity index (χ3v) is 2.36. The van der Waals surface area contributed by atoms with Gasteiger partial charge in [-0.2, -0.15) is 0 Å². The molecule has 0 saturated carbocycles. The number of ether oxygens (including phenoxy) is 1. The Kier molecular flexibility index (Phi) is 5.14. The van der Waals surface area contributed by atoms with E-state index >= 15 is 0 Å². The van der Waals surface area contributed by atoms with Crippen LogP contribution < -0.4 is 0 Å². The molecule has 0 radical (unpaired) electrons. The second-order valence-electron chi connectivity index (χ2n) is 6.67. The minimum Gasteiger partial charge on any atom is -0.384 e. The van der Waals surface area contributed by atoms with Gasteiger partial charge in [-0.1, -0.05) is 41.5 Å². The van der Waals surface area contributed by atoms with E-state index < -0.39 is 0 Å². The largest absolute Gasteiger partial charge is 0.384 e. The van der Waals surface area contributed by atoms with Crippen molar-refractivity contribution in [3.63, 3.8) is 0 Å². The van der Waals surface area contributed by atoms with Crippen LogP contribution in [0, 0.1) is 16.7 Å². The Morgan fingerprint density at radius 2 is 1.57 bits per heavy atom. The van der Waals surface area contributed by atoms with Gasteiger partial charge in [0.1, 0.15) is 0 Å². The standard InChI is InChI=1S/C13H28O/c1-11(9-14-7)8-13(5,6)10-12(2,3)4/h11H,8-10H2,1-7H3. The van der Waals surface area contributed by atoms with Crippen LogP contribution in [0.3, 0.4) is 0 Å². The first-order chi connectivity index (χ1) is 6.16. The van der Waals surface area contributed by atoms with Crippen LogP contribution in [0.15, 0.2) is 0 Å². The maximum atomic E-state index is 5.18. The maximum Gasteiger partial charge on any atom is 0.0488 e. The molecule has 0 aliphatic carbocycles. The van der Waals surface area contributed by atoms with E-state index in [2.05, 4.69) is 41.5 Å². The SMILES string of the molecule is COCC(C)CC(C)(C)CC(C)(C)C. The highest BCUT2D eigenvalue weighted by Crippen LogP contribution is 2.37. The molecule has 1 heteroatoms. The zero-order chi connectivity index (χ0) is 11.4. The van der Waals surface area contributed by atoms with Crippen LogP contribution in [-0.4, -0.2) is 13.7 Å². The van der Waals surface area contributed by atoms with Crippen molar-refractivity contribution >= 4 is 0 Å². The lowest BCUT2D eigenvalue weighted by molar-refractivity contribution is 0.111. The average Bonchev–Trinajstić information content (AvgIpc) is 1.78. The van der Waals surface area contributed by atoms with Gasteiger partial charge in [-0.25, -0.2) is 0 Å². The lowest BCUT2D eigenvalue weighted by Gasteiger charge is -2.34. The summed E-state index contributed by atoms with van der Waals surface area (Å²) in [4.78, 5) is 0. The van der Waals surface area contributed by atoms with E-state index in [1.165, 1.54) is 12.8 Å². The molecule has 1 atom stereocenters. The monoisotopic (exact) mass is 200 g/mol. The third-order valence-electron chi connectivity index (χ3n) is 2.36. The van der Waals surface area contributed by atoms with E-state index in [1.54, 1.807) is 7.11 Å². The number of hydrogen-bond acceptors (Lipinski definition) is 1. The Bertz CT molecular complexity index is 153. The van der Waals surface area contributed by atoms with Gasteiger partial charge in [0, 0.05) is 13.7 Å². The fraction of sp³-hybridized carbons (Fsp3) is 1.00. The van der Waals surface area contributed by atoms with Gasteiger partial charge in [0.2, 0.25) is 0 Å². The molecule has 86 valence electrons. The summed E-state index contributed by atoms with van der Waals surface area (Å²) in [7, 11) is 1.78. The normalized spacial score (nSPS) is 15.6. The molecule has 0 aromatic carbocycles. The Balaban J connectivity index is 4.06. The highest BCUT2D eigenvalue weighted by atomic mass is 16.5. The van der Waals surface area contributed by atoms with Gasteiger partial charge >= 0.3 is 0 Å². The minimum atomic E-state index is 0.427. The molecule has 0 aromatic rings. The Morgan fingerprint density at radius 3 is 1.93 bits per heavy atom. The summed E-state index contributed by atoms with van der Waals surface area (Å²) in [6.45, 7) is 14.8. The molecule has 0 rings (SSSR count). The van der Waals surface area contributed by atoms with E-state index in [-0.39, 0.29) is 0 Å². The van der Waals surface area contributed by atoms with Gasteiger partial charge in [0.25, 0.3) is 0 Å². The van der Waals surface area contributed by atoms with E-state index in [1.807, 2.05) is 0 Å². The summed E-state index contributed by atoms with van der Waals surface area (Å²) in [6.07, 6.45) is 2.52. The lowest BCUT2D eigenvalue weighted by Crippen LogP contribution is -2.24. The van der Waals surface area contributed by atoms with E-state index in [0.717, 1.165) is 6.61 Å². The topological polar surface area (TPSA) is 9.23 Å². The van der Waals surface area contributed by atoms with Gasteiger partial charge in [0.15, 0.2) is 0 Å². The van der Waals surface area contributed by atoms with Crippen LogP contribution in [0.4, 0.5) is 0 Å². The fourth-order valence-corrected chi connectivity index (χ4v) is 2.79. The van der Waals surface area contributed by atoms with Crippen LogP contribution in [0.2, 0.25) is 0 Å². The molecule has 0 heterocycles. The van der Waals surface area contributed by atoms with Crippen LogP contribution in [-0.2, 0) is 4.74 Å². The zero-order valence-electron chi connectivity index (χ0n) is 11.1. The quantitative estimate of drug-likeness (QED) is 0.648. The molecule has 0 aliphatic heterocycles. The van der Waals surface area contributed by atoms with Crippen molar-refractivity contribution in [1.29, 1.82) is 0 Å². The van der Waals surface area contributed by atoms with Crippen molar-refractivity contribution in [2.45, 2.75) is 54.4 Å². The fourth-order valence-electron chi connectivity index (χ4n) is 2.79. The summed E-state index contributed by atoms with van der Waals surface area (Å²) >= 11 is 0. The molecule has 0 N–H and O–H groups in total. The predicted octanol–water partition coefficient (Wildman–Crippen LogP) is 4.12. The summed E-state index contributed by atoms with van der Waals surface area (Å²) in [5, 5.41) is 0. The number of methoxy groups -OCH3 is 1. The molecule has 0 amide bonds. The molecule has 0 aliphatic rings. The molecule has 14 heavy (non-hydrogen) atoms. The number of rotatable bonds is 5. The Hall–Kier alpha value is -0.0400. The van der Waals surface area contributed by atoms with Gasteiger partial charge in [-0.15, -0.1) is 0 Å². The van der Waals surface area contributed by atoms with Crippen molar-refractivity contribution in [2.75, 3.05) is 13.7 Å². The van der Waals surface area contributed by atoms with E-state index in [0.29, 0.717) is 16.7 Å². The molecule has 0 fully saturated rings. The van der Waals surface area contributed by atoms with Crippen LogP contribution >= 0.6 is 0 Å². The lowest BCUT2D eigenvalue weighted by atomic mass is 9.72. The van der Waals surface area contributed by atoms with Gasteiger partial charge in [-0.05, 0) is 29.6 Å². The van der Waals surface area contributed by atoms with Gasteiger partial charge < -0.3 is 4.74 Å². The molecule has 0 saturated heterocycles. The molecular formula is C13H28O. The summed E-state index contributed by atoms with van der Waals surface area (Å²) in [5.74, 6) is 0.664. The predicted molar refractivity (Wildman–Crippen MR) is 63.5 cm³/mol. The first kappa shape index (κ1) is 14.0. The summed E-state index contributed by atoms with van der Waals surface area (Å²) in [5.41, 5.74) is 0.854. The van der Waals surface area contributed by atoms with Crippen LogP contribution in [0.1, 0.15) is 54.4 Å². The third kappa shape index (κ3) is 7.37. The minimum absolute atomic E-state index is 0.427. The zero-order valence-corrected chi connectivity index (χ0v) is 11.1. The average molecular weight is 200 g/mol. The second kappa shape index (κ2) is 5.16. The van der Waals surface area contributed by atoms with Gasteiger partial charge in [0.05, 0.1) is 0 Å². The molecule has 1 unspecified atom stereocenters. The van der Waals surface area contributed by atoms with E-state index in [9.17, 15) is 0 Å². The first-order valence-corrected chi connectivity index (χ1v) is 5.65.